The Hall–Kier alpha value is -2.46. The molecular weight excluding hydrogens is 371 g/mol. The van der Waals surface area contributed by atoms with E-state index in [-0.39, 0.29) is 17.8 Å². The van der Waals surface area contributed by atoms with Crippen molar-refractivity contribution < 1.29 is 22.0 Å². The third-order valence-corrected chi connectivity index (χ3v) is 5.39. The zero-order valence-electron chi connectivity index (χ0n) is 14.5. The molecule has 0 bridgehead atoms. The molecule has 0 aliphatic heterocycles. The van der Waals surface area contributed by atoms with Crippen LogP contribution < -0.4 is 10.6 Å². The second-order valence-corrected chi connectivity index (χ2v) is 6.93. The van der Waals surface area contributed by atoms with Crippen LogP contribution in [0.2, 0.25) is 0 Å². The maximum Gasteiger partial charge on any atom is 0.421 e. The van der Waals surface area contributed by atoms with E-state index in [0.717, 1.165) is 0 Å². The van der Waals surface area contributed by atoms with Gasteiger partial charge in [0.15, 0.2) is 0 Å². The zero-order chi connectivity index (χ0) is 19.6. The van der Waals surface area contributed by atoms with Gasteiger partial charge in [-0.25, -0.2) is 13.8 Å². The number of rotatable bonds is 4. The van der Waals surface area contributed by atoms with Crippen molar-refractivity contribution in [2.75, 3.05) is 17.7 Å². The van der Waals surface area contributed by atoms with Gasteiger partial charge in [0.05, 0.1) is 23.6 Å². The van der Waals surface area contributed by atoms with Crippen molar-refractivity contribution in [3.05, 3.63) is 23.7 Å². The van der Waals surface area contributed by atoms with Gasteiger partial charge in [0.25, 0.3) is 5.92 Å². The van der Waals surface area contributed by atoms with Crippen LogP contribution >= 0.6 is 0 Å². The van der Waals surface area contributed by atoms with E-state index in [9.17, 15) is 22.0 Å². The van der Waals surface area contributed by atoms with Gasteiger partial charge in [-0.2, -0.15) is 23.3 Å². The van der Waals surface area contributed by atoms with Gasteiger partial charge in [-0.3, -0.25) is 4.68 Å². The van der Waals surface area contributed by atoms with Crippen molar-refractivity contribution in [1.82, 2.24) is 19.7 Å². The summed E-state index contributed by atoms with van der Waals surface area (Å²) in [5, 5.41) is 9.51. The maximum absolute atomic E-state index is 13.4. The highest BCUT2D eigenvalue weighted by atomic mass is 19.4. The lowest BCUT2D eigenvalue weighted by Gasteiger charge is -2.17. The predicted molar refractivity (Wildman–Crippen MR) is 87.0 cm³/mol. The summed E-state index contributed by atoms with van der Waals surface area (Å²) in [6.45, 7) is 1.76. The number of aromatic nitrogens is 4. The lowest BCUT2D eigenvalue weighted by Crippen LogP contribution is -2.15. The Bertz CT molecular complexity index is 863. The average molecular weight is 388 g/mol. The summed E-state index contributed by atoms with van der Waals surface area (Å²) < 4.78 is 67.2. The number of nitrogens with zero attached hydrogens (tertiary/aromatic N) is 4. The molecule has 2 fully saturated rings. The van der Waals surface area contributed by atoms with Gasteiger partial charge in [0.1, 0.15) is 11.4 Å². The average Bonchev–Trinajstić information content (AvgIpc) is 2.99. The van der Waals surface area contributed by atoms with Crippen LogP contribution in [0.15, 0.2) is 12.4 Å². The molecule has 11 heteroatoms. The van der Waals surface area contributed by atoms with E-state index in [1.165, 1.54) is 13.2 Å². The van der Waals surface area contributed by atoms with E-state index >= 15 is 0 Å². The fourth-order valence-corrected chi connectivity index (χ4v) is 3.86. The van der Waals surface area contributed by atoms with Crippen LogP contribution in [0.4, 0.5) is 39.4 Å². The number of hydrogen-bond donors (Lipinski definition) is 2. The highest BCUT2D eigenvalue weighted by Crippen LogP contribution is 2.66. The normalized spacial score (nSPS) is 26.0. The van der Waals surface area contributed by atoms with Crippen LogP contribution in [-0.4, -0.2) is 32.7 Å². The van der Waals surface area contributed by atoms with Crippen molar-refractivity contribution in [3.8, 4) is 0 Å². The smallest absolute Gasteiger partial charge is 0.372 e. The SMILES string of the molecule is CNc1nc(Nc2cnn(C3CC4[C@H](C3)C4(F)F)c2C)ncc1C(F)(F)F. The van der Waals surface area contributed by atoms with E-state index in [0.29, 0.717) is 30.4 Å². The van der Waals surface area contributed by atoms with Crippen LogP contribution in [0.5, 0.6) is 0 Å². The molecule has 6 nitrogen and oxygen atoms in total. The van der Waals surface area contributed by atoms with E-state index < -0.39 is 29.5 Å². The molecule has 0 radical (unpaired) electrons. The van der Waals surface area contributed by atoms with Gasteiger partial charge in [0.2, 0.25) is 5.95 Å². The van der Waals surface area contributed by atoms with E-state index in [2.05, 4.69) is 25.7 Å². The molecule has 2 aromatic rings. The number of nitrogens with one attached hydrogen (secondary N) is 2. The molecule has 2 aliphatic rings. The van der Waals surface area contributed by atoms with Crippen LogP contribution in [0, 0.1) is 18.8 Å². The lowest BCUT2D eigenvalue weighted by molar-refractivity contribution is -0.137. The number of anilines is 3. The second kappa shape index (κ2) is 5.77. The monoisotopic (exact) mass is 388 g/mol. The Morgan fingerprint density at radius 3 is 2.44 bits per heavy atom. The fourth-order valence-electron chi connectivity index (χ4n) is 3.86. The fraction of sp³-hybridized carbons (Fsp3) is 0.562. The third kappa shape index (κ3) is 2.88. The summed E-state index contributed by atoms with van der Waals surface area (Å²) in [4.78, 5) is 7.57. The minimum absolute atomic E-state index is 0.0178. The Balaban J connectivity index is 1.52. The topological polar surface area (TPSA) is 67.7 Å². The molecular formula is C16H17F5N6. The Labute approximate surface area is 151 Å². The first-order valence-electron chi connectivity index (χ1n) is 8.43. The molecule has 0 aromatic carbocycles. The molecule has 4 rings (SSSR count). The summed E-state index contributed by atoms with van der Waals surface area (Å²) >= 11 is 0. The van der Waals surface area contributed by atoms with Crippen LogP contribution in [0.1, 0.15) is 30.1 Å². The minimum atomic E-state index is -4.57. The van der Waals surface area contributed by atoms with E-state index in [4.69, 9.17) is 0 Å². The highest BCUT2D eigenvalue weighted by molar-refractivity contribution is 5.58. The molecule has 2 unspecified atom stereocenters. The van der Waals surface area contributed by atoms with Crippen LogP contribution in [0.25, 0.3) is 0 Å². The molecule has 3 atom stereocenters. The molecule has 0 spiro atoms. The maximum atomic E-state index is 13.4. The number of hydrogen-bond acceptors (Lipinski definition) is 5. The van der Waals surface area contributed by atoms with Gasteiger partial charge in [0, 0.05) is 25.1 Å². The summed E-state index contributed by atoms with van der Waals surface area (Å²) in [5.74, 6) is -4.05. The molecule has 27 heavy (non-hydrogen) atoms. The summed E-state index contributed by atoms with van der Waals surface area (Å²) in [7, 11) is 1.34. The number of fused-ring (bicyclic) bond motifs is 1. The molecule has 2 heterocycles. The summed E-state index contributed by atoms with van der Waals surface area (Å²) in [6.07, 6.45) is -1.62. The Morgan fingerprint density at radius 1 is 1.19 bits per heavy atom. The first-order valence-corrected chi connectivity index (χ1v) is 8.43. The van der Waals surface area contributed by atoms with Crippen molar-refractivity contribution in [2.24, 2.45) is 11.8 Å². The van der Waals surface area contributed by atoms with Crippen LogP contribution in [-0.2, 0) is 6.18 Å². The molecule has 2 saturated carbocycles. The third-order valence-electron chi connectivity index (χ3n) is 5.39. The summed E-state index contributed by atoms with van der Waals surface area (Å²) in [5.41, 5.74) is 0.248. The van der Waals surface area contributed by atoms with Gasteiger partial charge in [-0.1, -0.05) is 0 Å². The molecule has 146 valence electrons. The second-order valence-electron chi connectivity index (χ2n) is 6.93. The van der Waals surface area contributed by atoms with E-state index in [1.807, 2.05) is 0 Å². The lowest BCUT2D eigenvalue weighted by atomic mass is 10.1. The Kier molecular flexibility index (Phi) is 3.83. The summed E-state index contributed by atoms with van der Waals surface area (Å²) in [6, 6.07) is -0.100. The Morgan fingerprint density at radius 2 is 1.85 bits per heavy atom. The predicted octanol–water partition coefficient (Wildman–Crippen LogP) is 4.00. The number of halogens is 5. The van der Waals surface area contributed by atoms with Crippen molar-refractivity contribution in [1.29, 1.82) is 0 Å². The zero-order valence-corrected chi connectivity index (χ0v) is 14.5. The quantitative estimate of drug-likeness (QED) is 0.775. The van der Waals surface area contributed by atoms with E-state index in [1.54, 1.807) is 11.6 Å². The molecule has 0 saturated heterocycles. The van der Waals surface area contributed by atoms with Crippen molar-refractivity contribution in [3.63, 3.8) is 0 Å². The first kappa shape index (κ1) is 17.9. The van der Waals surface area contributed by atoms with Gasteiger partial charge in [-0.05, 0) is 19.8 Å². The van der Waals surface area contributed by atoms with Gasteiger partial charge < -0.3 is 10.6 Å². The van der Waals surface area contributed by atoms with Crippen molar-refractivity contribution >= 4 is 17.5 Å². The minimum Gasteiger partial charge on any atom is -0.372 e. The standard InChI is InChI=1S/C16H17F5N6/c1-7-12(6-24-27(7)8-3-9-10(4-8)15(9,17)18)25-14-23-5-11(16(19,20)21)13(22-2)26-14/h5-6,8-10H,3-4H2,1-2H3,(H2,22,23,25,26)/t8?,9-,10?/m0/s1. The van der Waals surface area contributed by atoms with Crippen LogP contribution in [0.3, 0.4) is 0 Å². The molecule has 0 amide bonds. The molecule has 2 N–H and O–H groups in total. The van der Waals surface area contributed by atoms with Gasteiger partial charge in [-0.15, -0.1) is 0 Å². The first-order chi connectivity index (χ1) is 12.6. The van der Waals surface area contributed by atoms with Crippen molar-refractivity contribution in [2.45, 2.75) is 37.9 Å². The largest absolute Gasteiger partial charge is 0.421 e. The molecule has 2 aromatic heterocycles. The highest BCUT2D eigenvalue weighted by Gasteiger charge is 2.71. The molecule has 2 aliphatic carbocycles. The van der Waals surface area contributed by atoms with Gasteiger partial charge >= 0.3 is 6.18 Å². The number of alkyl halides is 5.